The lowest BCUT2D eigenvalue weighted by atomic mass is 9.44. The molecule has 2 aromatic rings. The maximum Gasteiger partial charge on any atom is 0.408 e. The smallest absolute Gasteiger partial charge is 0.408 e. The molecule has 11 atom stereocenters. The zero-order chi connectivity index (χ0) is 47.7. The third-order valence-corrected chi connectivity index (χ3v) is 12.9. The number of rotatable bonds is 10. The highest BCUT2D eigenvalue weighted by atomic mass is 16.6. The molecular formula is C47H61NO16. The Morgan fingerprint density at radius 3 is 2.05 bits per heavy atom. The third kappa shape index (κ3) is 9.31. The van der Waals surface area contributed by atoms with Gasteiger partial charge in [0.15, 0.2) is 17.5 Å². The minimum Gasteiger partial charge on any atom is -0.465 e. The number of ether oxygens (including phenoxy) is 6. The van der Waals surface area contributed by atoms with Crippen molar-refractivity contribution < 1.29 is 77.6 Å². The normalized spacial score (nSPS) is 31.3. The van der Waals surface area contributed by atoms with E-state index in [2.05, 4.69) is 10.1 Å². The molecule has 0 spiro atoms. The first-order valence-corrected chi connectivity index (χ1v) is 21.2. The average Bonchev–Trinajstić information content (AvgIpc) is 3.21. The highest BCUT2D eigenvalue weighted by Crippen LogP contribution is 2.64. The summed E-state index contributed by atoms with van der Waals surface area (Å²) in [5.41, 5.74) is -8.14. The number of Topliss-reactive ketones (excluding diaryl/α,β-unsaturated/α-hetero) is 1. The van der Waals surface area contributed by atoms with Crippen LogP contribution in [0, 0.1) is 16.7 Å². The molecule has 2 aromatic carbocycles. The highest BCUT2D eigenvalue weighted by Gasteiger charge is 2.78. The molecule has 2 bridgehead atoms. The van der Waals surface area contributed by atoms with E-state index in [0.29, 0.717) is 12.0 Å². The van der Waals surface area contributed by atoms with Crippen molar-refractivity contribution in [3.05, 3.63) is 82.9 Å². The van der Waals surface area contributed by atoms with Crippen LogP contribution in [-0.4, -0.2) is 123 Å². The number of ketones is 1. The largest absolute Gasteiger partial charge is 0.465 e. The van der Waals surface area contributed by atoms with Gasteiger partial charge in [-0.05, 0) is 77.3 Å². The van der Waals surface area contributed by atoms with Crippen molar-refractivity contribution in [3.8, 4) is 0 Å². The van der Waals surface area contributed by atoms with Gasteiger partial charge in [0.1, 0.15) is 35.6 Å². The van der Waals surface area contributed by atoms with Crippen LogP contribution in [0.4, 0.5) is 4.79 Å². The summed E-state index contributed by atoms with van der Waals surface area (Å²) in [6, 6.07) is 14.6. The van der Waals surface area contributed by atoms with Gasteiger partial charge in [0.2, 0.25) is 0 Å². The van der Waals surface area contributed by atoms with E-state index in [1.54, 1.807) is 97.0 Å². The van der Waals surface area contributed by atoms with Crippen molar-refractivity contribution in [2.75, 3.05) is 6.61 Å². The number of esters is 3. The van der Waals surface area contributed by atoms with Crippen LogP contribution in [0.1, 0.15) is 104 Å². The van der Waals surface area contributed by atoms with E-state index in [0.717, 1.165) is 6.92 Å². The van der Waals surface area contributed by atoms with E-state index >= 15 is 0 Å². The first-order valence-electron chi connectivity index (χ1n) is 21.2. The second kappa shape index (κ2) is 18.7. The van der Waals surface area contributed by atoms with Gasteiger partial charge in [0, 0.05) is 25.2 Å². The van der Waals surface area contributed by atoms with Gasteiger partial charge in [0.25, 0.3) is 6.47 Å². The molecule has 1 aliphatic heterocycles. The monoisotopic (exact) mass is 895 g/mol. The Morgan fingerprint density at radius 2 is 1.55 bits per heavy atom. The molecule has 3 fully saturated rings. The number of carbonyl (C=O) groups is 6. The summed E-state index contributed by atoms with van der Waals surface area (Å²) < 4.78 is 33.9. The van der Waals surface area contributed by atoms with Gasteiger partial charge in [-0.1, -0.05) is 62.4 Å². The van der Waals surface area contributed by atoms with Crippen LogP contribution >= 0.6 is 0 Å². The Kier molecular flexibility index (Phi) is 14.6. The van der Waals surface area contributed by atoms with E-state index < -0.39 is 112 Å². The lowest BCUT2D eigenvalue weighted by Gasteiger charge is -2.67. The molecule has 1 amide bonds. The minimum atomic E-state index is -2.35. The summed E-state index contributed by atoms with van der Waals surface area (Å²) in [5.74, 6) is -5.36. The fourth-order valence-electron chi connectivity index (χ4n) is 9.67. The molecule has 0 unspecified atom stereocenters. The second-order valence-electron chi connectivity index (χ2n) is 18.9. The van der Waals surface area contributed by atoms with Crippen LogP contribution < -0.4 is 5.32 Å². The number of benzene rings is 2. The molecule has 4 aliphatic rings. The van der Waals surface area contributed by atoms with Crippen LogP contribution in [0.25, 0.3) is 0 Å². The number of aliphatic hydroxyl groups excluding tert-OH is 3. The van der Waals surface area contributed by atoms with Crippen LogP contribution in [0.5, 0.6) is 0 Å². The fraction of sp³-hybridized carbons (Fsp3) is 0.574. The van der Waals surface area contributed by atoms with Gasteiger partial charge >= 0.3 is 24.0 Å². The summed E-state index contributed by atoms with van der Waals surface area (Å²) in [5, 5.41) is 51.6. The zero-order valence-electron chi connectivity index (χ0n) is 37.9. The lowest BCUT2D eigenvalue weighted by Crippen LogP contribution is -2.81. The zero-order valence-corrected chi connectivity index (χ0v) is 37.9. The van der Waals surface area contributed by atoms with E-state index in [4.69, 9.17) is 23.7 Å². The summed E-state index contributed by atoms with van der Waals surface area (Å²) in [6.45, 7) is 15.8. The highest BCUT2D eigenvalue weighted by molar-refractivity contribution is 5.94. The lowest BCUT2D eigenvalue weighted by molar-refractivity contribution is -0.346. The van der Waals surface area contributed by atoms with Gasteiger partial charge in [-0.15, -0.1) is 0 Å². The Bertz CT molecular complexity index is 2100. The standard InChI is InChI=1S/C43H53NO14.C4H8O2/c1-22-26(55-37(51)32(48)30(24-15-11-9-12-16-24)44-38(52)58-39(3,4)5)20-43(53)35(56-36(50)25-17-13-10-14-18-25)33-41(8,34(49)31(47)29(22)40(43,6)7)27(46)19-28-42(33,21-54-28)57-23(2)45;1-4(2)6-3-5/h9-18,26-28,30-33,35,46-48,53H,19-21H2,1-8H3,(H,44,52);3-4H,1-2H3/t26-,27-,28+,30-,31+,32+,33-,35-,41+,42-,43+;/m0./s1. The number of hydrogen-bond acceptors (Lipinski definition) is 16. The molecule has 2 saturated carbocycles. The predicted molar refractivity (Wildman–Crippen MR) is 226 cm³/mol. The van der Waals surface area contributed by atoms with Crippen LogP contribution in [-0.2, 0) is 47.6 Å². The number of nitrogens with one attached hydrogen (secondary N) is 1. The van der Waals surface area contributed by atoms with E-state index in [9.17, 15) is 49.2 Å². The van der Waals surface area contributed by atoms with E-state index in [1.165, 1.54) is 26.0 Å². The molecule has 1 saturated heterocycles. The quantitative estimate of drug-likeness (QED) is 0.0984. The molecule has 5 N–H and O–H groups in total. The first kappa shape index (κ1) is 49.8. The number of alkyl carbamates (subject to hydrolysis) is 1. The predicted octanol–water partition coefficient (Wildman–Crippen LogP) is 3.83. The summed E-state index contributed by atoms with van der Waals surface area (Å²) in [4.78, 5) is 78.3. The molecular weight excluding hydrogens is 835 g/mol. The minimum absolute atomic E-state index is 0.0301. The van der Waals surface area contributed by atoms with E-state index in [1.807, 2.05) is 0 Å². The SMILES string of the molecule is CC(=O)O[C@@]12CO[C@@H]1C[C@H](O)[C@@]1(C)C(=O)[C@H](O)C3=C(C)[C@@H](OC(=O)[C@H](O)[C@@H](NC(=O)OC(C)(C)C)c4ccccc4)C[C@@](O)([C@@H](OC(=O)c4ccccc4)[C@H]21)C3(C)C.CC(C)OC=O. The van der Waals surface area contributed by atoms with Crippen molar-refractivity contribution in [1.29, 1.82) is 0 Å². The Labute approximate surface area is 372 Å². The average molecular weight is 896 g/mol. The van der Waals surface area contributed by atoms with Crippen molar-refractivity contribution in [2.24, 2.45) is 16.7 Å². The molecule has 0 radical (unpaired) electrons. The summed E-state index contributed by atoms with van der Waals surface area (Å²) >= 11 is 0. The van der Waals surface area contributed by atoms with Gasteiger partial charge in [0.05, 0.1) is 41.8 Å². The van der Waals surface area contributed by atoms with Crippen molar-refractivity contribution in [1.82, 2.24) is 5.32 Å². The molecule has 6 rings (SSSR count). The molecule has 0 aromatic heterocycles. The van der Waals surface area contributed by atoms with Gasteiger partial charge in [-0.25, -0.2) is 14.4 Å². The van der Waals surface area contributed by atoms with Crippen molar-refractivity contribution in [3.63, 3.8) is 0 Å². The van der Waals surface area contributed by atoms with Crippen LogP contribution in [0.2, 0.25) is 0 Å². The number of hydrogen-bond donors (Lipinski definition) is 5. The van der Waals surface area contributed by atoms with Crippen molar-refractivity contribution in [2.45, 2.75) is 148 Å². The Morgan fingerprint density at radius 1 is 0.953 bits per heavy atom. The molecule has 3 aliphatic carbocycles. The molecule has 350 valence electrons. The third-order valence-electron chi connectivity index (χ3n) is 12.9. The van der Waals surface area contributed by atoms with Gasteiger partial charge < -0.3 is 54.2 Å². The number of aliphatic hydroxyl groups is 4. The number of carbonyl (C=O) groups excluding carboxylic acids is 6. The molecule has 1 heterocycles. The summed E-state index contributed by atoms with van der Waals surface area (Å²) in [7, 11) is 0. The van der Waals surface area contributed by atoms with Gasteiger partial charge in [-0.2, -0.15) is 0 Å². The van der Waals surface area contributed by atoms with Gasteiger partial charge in [-0.3, -0.25) is 14.4 Å². The number of fused-ring (bicyclic) bond motifs is 5. The fourth-order valence-corrected chi connectivity index (χ4v) is 9.67. The molecule has 17 heteroatoms. The Hall–Kier alpha value is -5.20. The van der Waals surface area contributed by atoms with Crippen molar-refractivity contribution >= 4 is 36.3 Å². The maximum atomic E-state index is 14.9. The number of amides is 1. The summed E-state index contributed by atoms with van der Waals surface area (Å²) in [6.07, 6.45) is -11.5. The van der Waals surface area contributed by atoms with Crippen LogP contribution in [0.15, 0.2) is 71.8 Å². The van der Waals surface area contributed by atoms with Crippen LogP contribution in [0.3, 0.4) is 0 Å². The maximum absolute atomic E-state index is 14.9. The topological polar surface area (TPSA) is 251 Å². The first-order chi connectivity index (χ1) is 29.8. The van der Waals surface area contributed by atoms with E-state index in [-0.39, 0.29) is 35.8 Å². The molecule has 64 heavy (non-hydrogen) atoms. The second-order valence-corrected chi connectivity index (χ2v) is 18.9. The molecule has 17 nitrogen and oxygen atoms in total. The Balaban J connectivity index is 0.00000120.